The first-order chi connectivity index (χ1) is 8.29. The Kier molecular flexibility index (Phi) is 4.91. The van der Waals surface area contributed by atoms with E-state index in [0.29, 0.717) is 0 Å². The molecule has 1 fully saturated rings. The highest BCUT2D eigenvalue weighted by Gasteiger charge is 2.34. The fourth-order valence-electron chi connectivity index (χ4n) is 1.51. The molecule has 18 heavy (non-hydrogen) atoms. The van der Waals surface area contributed by atoms with Gasteiger partial charge in [0.25, 0.3) is 0 Å². The van der Waals surface area contributed by atoms with Gasteiger partial charge in [0.15, 0.2) is 0 Å². The number of amides is 2. The summed E-state index contributed by atoms with van der Waals surface area (Å²) in [6, 6.07) is -1.19. The predicted molar refractivity (Wildman–Crippen MR) is 62.0 cm³/mol. The van der Waals surface area contributed by atoms with Crippen LogP contribution in [0.3, 0.4) is 0 Å². The lowest BCUT2D eigenvalue weighted by Crippen LogP contribution is -2.48. The molecule has 1 rings (SSSR count). The number of ether oxygens (including phenoxy) is 1. The summed E-state index contributed by atoms with van der Waals surface area (Å²) in [6.07, 6.45) is 1.07. The van der Waals surface area contributed by atoms with E-state index in [1.165, 1.54) is 0 Å². The first-order valence-corrected chi connectivity index (χ1v) is 7.38. The second-order valence-electron chi connectivity index (χ2n) is 4.12. The third kappa shape index (κ3) is 4.88. The lowest BCUT2D eigenvalue weighted by molar-refractivity contribution is -0.142. The molecule has 2 atom stereocenters. The highest BCUT2D eigenvalue weighted by molar-refractivity contribution is 7.90. The van der Waals surface area contributed by atoms with Crippen molar-refractivity contribution < 1.29 is 27.9 Å². The maximum atomic E-state index is 11.4. The topological polar surface area (TPSA) is 122 Å². The van der Waals surface area contributed by atoms with Crippen LogP contribution in [-0.2, 0) is 19.4 Å². The van der Waals surface area contributed by atoms with E-state index < -0.39 is 33.8 Å². The van der Waals surface area contributed by atoms with E-state index in [0.717, 1.165) is 6.26 Å². The average molecular weight is 280 g/mol. The molecule has 3 N–H and O–H groups in total. The zero-order chi connectivity index (χ0) is 13.8. The number of carbonyl (C=O) groups excluding carboxylic acids is 1. The molecule has 0 aliphatic carbocycles. The number of carboxylic acid groups (broad SMARTS) is 1. The van der Waals surface area contributed by atoms with Crippen LogP contribution in [0.1, 0.15) is 0 Å². The summed E-state index contributed by atoms with van der Waals surface area (Å²) in [5.41, 5.74) is 0. The zero-order valence-corrected chi connectivity index (χ0v) is 10.7. The monoisotopic (exact) mass is 280 g/mol. The number of carbonyl (C=O) groups is 2. The van der Waals surface area contributed by atoms with E-state index >= 15 is 0 Å². The van der Waals surface area contributed by atoms with Gasteiger partial charge in [0.1, 0.15) is 15.8 Å². The molecule has 0 spiro atoms. The molecular weight excluding hydrogens is 264 g/mol. The molecule has 0 aromatic heterocycles. The van der Waals surface area contributed by atoms with E-state index in [4.69, 9.17) is 9.84 Å². The summed E-state index contributed by atoms with van der Waals surface area (Å²) in [5, 5.41) is 13.6. The number of aliphatic carboxylic acids is 1. The highest BCUT2D eigenvalue weighted by atomic mass is 32.2. The summed E-state index contributed by atoms with van der Waals surface area (Å²) in [7, 11) is -3.13. The molecule has 9 heteroatoms. The molecule has 0 radical (unpaired) electrons. The minimum Gasteiger partial charge on any atom is -0.481 e. The first kappa shape index (κ1) is 14.7. The SMILES string of the molecule is CS(=O)(=O)CCNC(=O)NC1COCC1C(=O)O. The van der Waals surface area contributed by atoms with Crippen LogP contribution in [0, 0.1) is 5.92 Å². The Balaban J connectivity index is 2.34. The molecule has 8 nitrogen and oxygen atoms in total. The minimum absolute atomic E-state index is 0.0179. The smallest absolute Gasteiger partial charge is 0.315 e. The molecule has 104 valence electrons. The Labute approximate surface area is 105 Å². The Morgan fingerprint density at radius 2 is 2.06 bits per heavy atom. The number of sulfone groups is 1. The zero-order valence-electron chi connectivity index (χ0n) is 9.88. The van der Waals surface area contributed by atoms with Crippen molar-refractivity contribution in [3.8, 4) is 0 Å². The summed E-state index contributed by atoms with van der Waals surface area (Å²) in [5.74, 6) is -1.97. The molecule has 2 unspecified atom stereocenters. The van der Waals surface area contributed by atoms with Crippen molar-refractivity contribution in [1.29, 1.82) is 0 Å². The van der Waals surface area contributed by atoms with Crippen molar-refractivity contribution in [3.05, 3.63) is 0 Å². The van der Waals surface area contributed by atoms with E-state index in [2.05, 4.69) is 10.6 Å². The van der Waals surface area contributed by atoms with Crippen LogP contribution in [0.4, 0.5) is 4.79 Å². The van der Waals surface area contributed by atoms with Crippen LogP contribution in [0.5, 0.6) is 0 Å². The Hall–Kier alpha value is -1.35. The molecule has 0 bridgehead atoms. The van der Waals surface area contributed by atoms with Crippen molar-refractivity contribution >= 4 is 21.8 Å². The summed E-state index contributed by atoms with van der Waals surface area (Å²) >= 11 is 0. The standard InChI is InChI=1S/C9H16N2O6S/c1-18(15,16)3-2-10-9(14)11-7-5-17-4-6(7)8(12)13/h6-7H,2-5H2,1H3,(H,12,13)(H2,10,11,14). The van der Waals surface area contributed by atoms with Gasteiger partial charge < -0.3 is 20.5 Å². The first-order valence-electron chi connectivity index (χ1n) is 5.32. The summed E-state index contributed by atoms with van der Waals surface area (Å²) < 4.78 is 26.6. The third-order valence-electron chi connectivity index (χ3n) is 2.47. The van der Waals surface area contributed by atoms with Crippen molar-refractivity contribution in [2.75, 3.05) is 31.8 Å². The fourth-order valence-corrected chi connectivity index (χ4v) is 1.98. The molecule has 0 saturated carbocycles. The number of rotatable bonds is 5. The number of carboxylic acids is 1. The van der Waals surface area contributed by atoms with Gasteiger partial charge in [-0.1, -0.05) is 0 Å². The Morgan fingerprint density at radius 3 is 2.61 bits per heavy atom. The maximum absolute atomic E-state index is 11.4. The van der Waals surface area contributed by atoms with Gasteiger partial charge >= 0.3 is 12.0 Å². The van der Waals surface area contributed by atoms with Crippen LogP contribution in [0.15, 0.2) is 0 Å². The normalized spacial score (nSPS) is 23.6. The van der Waals surface area contributed by atoms with Gasteiger partial charge in [0.05, 0.1) is 25.0 Å². The van der Waals surface area contributed by atoms with E-state index in [1.807, 2.05) is 0 Å². The van der Waals surface area contributed by atoms with Crippen LogP contribution in [0.2, 0.25) is 0 Å². The molecule has 2 amide bonds. The van der Waals surface area contributed by atoms with Gasteiger partial charge in [0.2, 0.25) is 0 Å². The van der Waals surface area contributed by atoms with Crippen LogP contribution in [-0.4, -0.2) is 63.3 Å². The Bertz CT molecular complexity index is 421. The minimum atomic E-state index is -3.13. The van der Waals surface area contributed by atoms with Crippen LogP contribution in [0.25, 0.3) is 0 Å². The van der Waals surface area contributed by atoms with Gasteiger partial charge in [-0.3, -0.25) is 4.79 Å². The van der Waals surface area contributed by atoms with Gasteiger partial charge in [-0.25, -0.2) is 13.2 Å². The van der Waals surface area contributed by atoms with E-state index in [1.54, 1.807) is 0 Å². The average Bonchev–Trinajstić information content (AvgIpc) is 2.63. The fraction of sp³-hybridized carbons (Fsp3) is 0.778. The van der Waals surface area contributed by atoms with Crippen LogP contribution >= 0.6 is 0 Å². The molecule has 1 aliphatic heterocycles. The summed E-state index contributed by atoms with van der Waals surface area (Å²) in [4.78, 5) is 22.2. The van der Waals surface area contributed by atoms with Crippen molar-refractivity contribution in [3.63, 3.8) is 0 Å². The molecule has 1 heterocycles. The molecular formula is C9H16N2O6S. The number of hydrogen-bond acceptors (Lipinski definition) is 5. The van der Waals surface area contributed by atoms with E-state index in [9.17, 15) is 18.0 Å². The summed E-state index contributed by atoms with van der Waals surface area (Å²) in [6.45, 7) is 0.177. The van der Waals surface area contributed by atoms with Gasteiger partial charge in [-0.05, 0) is 0 Å². The quantitative estimate of drug-likeness (QED) is 0.559. The van der Waals surface area contributed by atoms with Gasteiger partial charge in [-0.15, -0.1) is 0 Å². The predicted octanol–water partition coefficient (Wildman–Crippen LogP) is -1.57. The van der Waals surface area contributed by atoms with E-state index in [-0.39, 0.29) is 25.5 Å². The van der Waals surface area contributed by atoms with Gasteiger partial charge in [0, 0.05) is 12.8 Å². The Morgan fingerprint density at radius 1 is 1.39 bits per heavy atom. The lowest BCUT2D eigenvalue weighted by Gasteiger charge is -2.15. The van der Waals surface area contributed by atoms with Crippen molar-refractivity contribution in [2.24, 2.45) is 5.92 Å². The second kappa shape index (κ2) is 6.01. The molecule has 0 aromatic rings. The third-order valence-corrected chi connectivity index (χ3v) is 3.42. The molecule has 0 aromatic carbocycles. The lowest BCUT2D eigenvalue weighted by atomic mass is 10.0. The number of nitrogens with one attached hydrogen (secondary N) is 2. The van der Waals surface area contributed by atoms with Crippen molar-refractivity contribution in [1.82, 2.24) is 10.6 Å². The molecule has 1 saturated heterocycles. The largest absolute Gasteiger partial charge is 0.481 e. The maximum Gasteiger partial charge on any atom is 0.315 e. The van der Waals surface area contributed by atoms with Gasteiger partial charge in [-0.2, -0.15) is 0 Å². The number of hydrogen-bond donors (Lipinski definition) is 3. The second-order valence-corrected chi connectivity index (χ2v) is 6.38. The molecule has 1 aliphatic rings. The highest BCUT2D eigenvalue weighted by Crippen LogP contribution is 2.13. The van der Waals surface area contributed by atoms with Crippen molar-refractivity contribution in [2.45, 2.75) is 6.04 Å². The van der Waals surface area contributed by atoms with Crippen LogP contribution < -0.4 is 10.6 Å². The number of urea groups is 1.